The zero-order chi connectivity index (χ0) is 23.5. The van der Waals surface area contributed by atoms with Crippen LogP contribution in [0.25, 0.3) is 0 Å². The lowest BCUT2D eigenvalue weighted by Gasteiger charge is -2.58. The summed E-state index contributed by atoms with van der Waals surface area (Å²) in [5.74, 6) is 4.56. The van der Waals surface area contributed by atoms with E-state index in [2.05, 4.69) is 0 Å². The molecule has 0 aromatic heterocycles. The van der Waals surface area contributed by atoms with Crippen LogP contribution in [0.1, 0.15) is 97.3 Å². The minimum atomic E-state index is -0.173. The molecule has 4 bridgehead atoms. The van der Waals surface area contributed by atoms with Crippen molar-refractivity contribution in [3.63, 3.8) is 0 Å². The van der Waals surface area contributed by atoms with Gasteiger partial charge in [-0.05, 0) is 99.3 Å². The zero-order valence-electron chi connectivity index (χ0n) is 21.3. The van der Waals surface area contributed by atoms with E-state index in [0.717, 1.165) is 48.9 Å². The Labute approximate surface area is 206 Å². The molecule has 0 aliphatic heterocycles. The summed E-state index contributed by atoms with van der Waals surface area (Å²) < 4.78 is 18.9. The van der Waals surface area contributed by atoms with Crippen molar-refractivity contribution in [2.75, 3.05) is 6.61 Å². The van der Waals surface area contributed by atoms with Gasteiger partial charge in [0.25, 0.3) is 0 Å². The largest absolute Gasteiger partial charge is 0.464 e. The average Bonchev–Trinajstić information content (AvgIpc) is 2.83. The molecule has 0 spiro atoms. The van der Waals surface area contributed by atoms with E-state index in [1.807, 2.05) is 38.1 Å². The Morgan fingerprint density at radius 2 is 1.53 bits per heavy atom. The van der Waals surface area contributed by atoms with Crippen LogP contribution in [0.4, 0.5) is 0 Å². The molecule has 5 aliphatic rings. The van der Waals surface area contributed by atoms with Gasteiger partial charge in [0.2, 0.25) is 6.29 Å². The van der Waals surface area contributed by atoms with Gasteiger partial charge in [0.15, 0.2) is 0 Å². The van der Waals surface area contributed by atoms with Crippen molar-refractivity contribution in [3.05, 3.63) is 24.3 Å². The number of rotatable bonds is 10. The standard InChI is InChI=1S/C30H44O4/c1-3-21(2)28(31)33-26-9-11-27(12-10-26)34-29(32-14-13-22-7-5-4-6-8-22)30-18-23-15-24(19-30)17-25(16-23)20-30/h9-12,21-25,29H,3-8,13-20H2,1-2H3. The number of carbonyl (C=O) groups is 1. The van der Waals surface area contributed by atoms with Crippen LogP contribution >= 0.6 is 0 Å². The molecule has 0 saturated heterocycles. The summed E-state index contributed by atoms with van der Waals surface area (Å²) in [7, 11) is 0. The Balaban J connectivity index is 1.26. The Hall–Kier alpha value is -1.55. The fourth-order valence-corrected chi connectivity index (χ4v) is 7.71. The molecule has 0 radical (unpaired) electrons. The monoisotopic (exact) mass is 468 g/mol. The maximum Gasteiger partial charge on any atom is 0.314 e. The average molecular weight is 469 g/mol. The molecule has 5 saturated carbocycles. The summed E-state index contributed by atoms with van der Waals surface area (Å²) in [5, 5.41) is 0. The highest BCUT2D eigenvalue weighted by Gasteiger charge is 2.56. The minimum Gasteiger partial charge on any atom is -0.464 e. The Morgan fingerprint density at radius 1 is 0.941 bits per heavy atom. The molecule has 0 N–H and O–H groups in total. The van der Waals surface area contributed by atoms with Crippen molar-refractivity contribution in [1.82, 2.24) is 0 Å². The molecule has 2 unspecified atom stereocenters. The minimum absolute atomic E-state index is 0.0889. The molecule has 6 rings (SSSR count). The lowest BCUT2D eigenvalue weighted by atomic mass is 9.49. The molecule has 1 aromatic rings. The van der Waals surface area contributed by atoms with Crippen LogP contribution in [0.2, 0.25) is 0 Å². The van der Waals surface area contributed by atoms with Crippen molar-refractivity contribution >= 4 is 5.97 Å². The molecule has 5 fully saturated rings. The molecule has 4 nitrogen and oxygen atoms in total. The number of carbonyl (C=O) groups excluding carboxylic acids is 1. The van der Waals surface area contributed by atoms with Gasteiger partial charge in [0.1, 0.15) is 11.5 Å². The summed E-state index contributed by atoms with van der Waals surface area (Å²) in [6.45, 7) is 4.71. The third kappa shape index (κ3) is 5.48. The van der Waals surface area contributed by atoms with Crippen LogP contribution in [0.15, 0.2) is 24.3 Å². The van der Waals surface area contributed by atoms with E-state index in [1.54, 1.807) is 0 Å². The smallest absolute Gasteiger partial charge is 0.314 e. The Morgan fingerprint density at radius 3 is 2.12 bits per heavy atom. The van der Waals surface area contributed by atoms with Crippen molar-refractivity contribution in [1.29, 1.82) is 0 Å². The first-order valence-corrected chi connectivity index (χ1v) is 14.1. The third-order valence-corrected chi connectivity index (χ3v) is 9.41. The molecule has 1 aromatic carbocycles. The lowest BCUT2D eigenvalue weighted by molar-refractivity contribution is -0.216. The van der Waals surface area contributed by atoms with E-state index in [-0.39, 0.29) is 23.6 Å². The normalized spacial score (nSPS) is 32.4. The van der Waals surface area contributed by atoms with Gasteiger partial charge >= 0.3 is 5.97 Å². The third-order valence-electron chi connectivity index (χ3n) is 9.41. The SMILES string of the molecule is CCC(C)C(=O)Oc1ccc(OC(OCCC2CCCCC2)C23CC4CC(CC(C4)C2)C3)cc1. The number of hydrogen-bond acceptors (Lipinski definition) is 4. The van der Waals surface area contributed by atoms with E-state index >= 15 is 0 Å². The molecule has 2 atom stereocenters. The van der Waals surface area contributed by atoms with Crippen molar-refractivity contribution in [2.24, 2.45) is 35.0 Å². The second kappa shape index (κ2) is 10.6. The van der Waals surface area contributed by atoms with Gasteiger partial charge in [-0.25, -0.2) is 0 Å². The molecule has 0 heterocycles. The summed E-state index contributed by atoms with van der Waals surface area (Å²) in [5.41, 5.74) is 0.170. The molecular weight excluding hydrogens is 424 g/mol. The summed E-state index contributed by atoms with van der Waals surface area (Å²) in [6.07, 6.45) is 16.7. The number of benzene rings is 1. The van der Waals surface area contributed by atoms with E-state index in [0.29, 0.717) is 5.75 Å². The summed E-state index contributed by atoms with van der Waals surface area (Å²) >= 11 is 0. The zero-order valence-corrected chi connectivity index (χ0v) is 21.3. The fraction of sp³-hybridized carbons (Fsp3) is 0.767. The number of hydrogen-bond donors (Lipinski definition) is 0. The van der Waals surface area contributed by atoms with Crippen LogP contribution in [0.3, 0.4) is 0 Å². The highest BCUT2D eigenvalue weighted by atomic mass is 16.7. The van der Waals surface area contributed by atoms with E-state index < -0.39 is 0 Å². The highest BCUT2D eigenvalue weighted by Crippen LogP contribution is 2.62. The van der Waals surface area contributed by atoms with E-state index in [1.165, 1.54) is 70.6 Å². The van der Waals surface area contributed by atoms with Crippen LogP contribution in [-0.2, 0) is 9.53 Å². The second-order valence-electron chi connectivity index (χ2n) is 12.1. The van der Waals surface area contributed by atoms with Crippen molar-refractivity contribution in [2.45, 2.75) is 104 Å². The van der Waals surface area contributed by atoms with Gasteiger partial charge in [0.05, 0.1) is 12.5 Å². The summed E-state index contributed by atoms with van der Waals surface area (Å²) in [6, 6.07) is 7.59. The number of ether oxygens (including phenoxy) is 3. The maximum absolute atomic E-state index is 12.1. The van der Waals surface area contributed by atoms with Crippen LogP contribution in [0.5, 0.6) is 11.5 Å². The molecule has 5 aliphatic carbocycles. The van der Waals surface area contributed by atoms with Gasteiger partial charge in [-0.15, -0.1) is 0 Å². The number of esters is 1. The first-order chi connectivity index (χ1) is 16.5. The maximum atomic E-state index is 12.1. The molecule has 4 heteroatoms. The van der Waals surface area contributed by atoms with E-state index in [4.69, 9.17) is 14.2 Å². The Bertz CT molecular complexity index is 774. The van der Waals surface area contributed by atoms with Gasteiger partial charge in [-0.3, -0.25) is 4.79 Å². The predicted octanol–water partition coefficient (Wildman–Crippen LogP) is 7.55. The van der Waals surface area contributed by atoms with Crippen molar-refractivity contribution < 1.29 is 19.0 Å². The highest BCUT2D eigenvalue weighted by molar-refractivity contribution is 5.74. The van der Waals surface area contributed by atoms with Crippen LogP contribution in [-0.4, -0.2) is 18.9 Å². The van der Waals surface area contributed by atoms with Crippen LogP contribution < -0.4 is 9.47 Å². The topological polar surface area (TPSA) is 44.8 Å². The predicted molar refractivity (Wildman–Crippen MR) is 134 cm³/mol. The van der Waals surface area contributed by atoms with Crippen molar-refractivity contribution in [3.8, 4) is 11.5 Å². The van der Waals surface area contributed by atoms with Gasteiger partial charge < -0.3 is 14.2 Å². The van der Waals surface area contributed by atoms with E-state index in [9.17, 15) is 4.79 Å². The fourth-order valence-electron chi connectivity index (χ4n) is 7.71. The molecule has 0 amide bonds. The van der Waals surface area contributed by atoms with Crippen LogP contribution in [0, 0.1) is 35.0 Å². The van der Waals surface area contributed by atoms with Gasteiger partial charge in [-0.2, -0.15) is 0 Å². The molecule has 34 heavy (non-hydrogen) atoms. The summed E-state index contributed by atoms with van der Waals surface area (Å²) in [4.78, 5) is 12.1. The first-order valence-electron chi connectivity index (χ1n) is 14.1. The first kappa shape index (κ1) is 24.2. The second-order valence-corrected chi connectivity index (χ2v) is 12.1. The lowest BCUT2D eigenvalue weighted by Crippen LogP contribution is -2.54. The Kier molecular flexibility index (Phi) is 7.53. The molecular formula is C30H44O4. The molecule has 188 valence electrons. The van der Waals surface area contributed by atoms with Gasteiger partial charge in [-0.1, -0.05) is 46.0 Å². The quantitative estimate of drug-likeness (QED) is 0.202. The van der Waals surface area contributed by atoms with Gasteiger partial charge in [0, 0.05) is 5.41 Å².